The highest BCUT2D eigenvalue weighted by molar-refractivity contribution is 6.37. The molecule has 5 N–H and O–H groups in total. The maximum atomic E-state index is 11.0. The van der Waals surface area contributed by atoms with Crippen LogP contribution in [0.25, 0.3) is 0 Å². The van der Waals surface area contributed by atoms with Gasteiger partial charge in [0.1, 0.15) is 0 Å². The Kier molecular flexibility index (Phi) is 10.8. The van der Waals surface area contributed by atoms with Crippen LogP contribution in [-0.2, 0) is 0 Å². The first kappa shape index (κ1) is 27.3. The van der Waals surface area contributed by atoms with E-state index in [-0.39, 0.29) is 15.8 Å². The molecule has 0 fully saturated rings. The summed E-state index contributed by atoms with van der Waals surface area (Å²) in [6.45, 7) is 1.85. The molecular weight excluding hydrogens is 492 g/mol. The largest absolute Gasteiger partial charge is 0.505 e. The Morgan fingerprint density at radius 3 is 1.34 bits per heavy atom. The van der Waals surface area contributed by atoms with E-state index in [1.54, 1.807) is 12.1 Å². The number of aromatic hydroxyl groups is 1. The molecule has 2 aromatic rings. The molecule has 0 heterocycles. The Morgan fingerprint density at radius 1 is 0.793 bits per heavy atom. The Hall–Kier alpha value is -1.68. The van der Waals surface area contributed by atoms with Crippen molar-refractivity contribution in [3.63, 3.8) is 0 Å². The van der Waals surface area contributed by atoms with Gasteiger partial charge in [0.2, 0.25) is 0 Å². The third-order valence-corrected chi connectivity index (χ3v) is 4.12. The van der Waals surface area contributed by atoms with Gasteiger partial charge in [0.05, 0.1) is 10.0 Å². The summed E-state index contributed by atoms with van der Waals surface area (Å²) >= 11 is 22.5. The SMILES string of the molecule is Cc1c(Cl)cc(N)cc1Cl.FC(F)=C(F)C(F)(F)F.Nc1cc(Cl)c(O)c(Cl)c1. The molecule has 29 heavy (non-hydrogen) atoms. The van der Waals surface area contributed by atoms with E-state index in [0.29, 0.717) is 21.4 Å². The number of hydrogen-bond acceptors (Lipinski definition) is 3. The lowest BCUT2D eigenvalue weighted by atomic mass is 10.2. The van der Waals surface area contributed by atoms with E-state index in [4.69, 9.17) is 63.0 Å². The molecule has 3 nitrogen and oxygen atoms in total. The van der Waals surface area contributed by atoms with Gasteiger partial charge in [-0.3, -0.25) is 0 Å². The zero-order valence-electron chi connectivity index (χ0n) is 14.2. The van der Waals surface area contributed by atoms with Crippen molar-refractivity contribution in [3.8, 4) is 5.75 Å². The number of nitrogens with two attached hydrogens (primary N) is 2. The van der Waals surface area contributed by atoms with Crippen molar-refractivity contribution in [2.75, 3.05) is 11.5 Å². The molecule has 2 rings (SSSR count). The minimum Gasteiger partial charge on any atom is -0.505 e. The van der Waals surface area contributed by atoms with Gasteiger partial charge in [0.25, 0.3) is 5.83 Å². The van der Waals surface area contributed by atoms with Crippen molar-refractivity contribution in [2.45, 2.75) is 13.1 Å². The number of alkyl halides is 3. The molecule has 0 saturated carbocycles. The Morgan fingerprint density at radius 2 is 1.10 bits per heavy atom. The third kappa shape index (κ3) is 9.58. The van der Waals surface area contributed by atoms with Crippen LogP contribution in [-0.4, -0.2) is 11.3 Å². The third-order valence-electron chi connectivity index (χ3n) is 2.76. The van der Waals surface area contributed by atoms with Crippen molar-refractivity contribution >= 4 is 57.8 Å². The second-order valence-corrected chi connectivity index (χ2v) is 6.64. The van der Waals surface area contributed by atoms with Gasteiger partial charge in [0, 0.05) is 21.4 Å². The number of benzene rings is 2. The summed E-state index contributed by atoms with van der Waals surface area (Å²) in [5.41, 5.74) is 12.7. The van der Waals surface area contributed by atoms with Crippen LogP contribution >= 0.6 is 46.4 Å². The summed E-state index contributed by atoms with van der Waals surface area (Å²) in [5.74, 6) is -3.46. The highest BCUT2D eigenvalue weighted by Gasteiger charge is 2.38. The second kappa shape index (κ2) is 11.5. The summed E-state index contributed by atoms with van der Waals surface area (Å²) in [6.07, 6.45) is -8.90. The molecule has 0 aromatic heterocycles. The smallest absolute Gasteiger partial charge is 0.448 e. The molecule has 0 saturated heterocycles. The summed E-state index contributed by atoms with van der Waals surface area (Å²) in [4.78, 5) is 0. The first-order chi connectivity index (χ1) is 13.1. The minimum atomic E-state index is -5.56. The number of phenolic OH excluding ortho intramolecular Hbond substituents is 1. The highest BCUT2D eigenvalue weighted by atomic mass is 35.5. The van der Waals surface area contributed by atoms with Crippen LogP contribution in [0.4, 0.5) is 37.7 Å². The lowest BCUT2D eigenvalue weighted by molar-refractivity contribution is -0.113. The summed E-state index contributed by atoms with van der Waals surface area (Å²) < 4.78 is 64.8. The maximum absolute atomic E-state index is 11.0. The van der Waals surface area contributed by atoms with Gasteiger partial charge in [-0.25, -0.2) is 0 Å². The lowest BCUT2D eigenvalue weighted by Gasteiger charge is -2.01. The molecule has 0 aliphatic rings. The number of anilines is 2. The molecule has 0 amide bonds. The van der Waals surface area contributed by atoms with Crippen LogP contribution in [0, 0.1) is 6.92 Å². The van der Waals surface area contributed by atoms with E-state index in [0.717, 1.165) is 5.56 Å². The van der Waals surface area contributed by atoms with Gasteiger partial charge < -0.3 is 16.6 Å². The number of allylic oxidation sites excluding steroid dienone is 1. The molecule has 0 radical (unpaired) electrons. The summed E-state index contributed by atoms with van der Waals surface area (Å²) in [7, 11) is 0. The summed E-state index contributed by atoms with van der Waals surface area (Å²) in [6, 6.07) is 6.23. The fourth-order valence-corrected chi connectivity index (χ4v) is 2.37. The van der Waals surface area contributed by atoms with Gasteiger partial charge in [-0.05, 0) is 36.8 Å². The van der Waals surface area contributed by atoms with E-state index in [1.165, 1.54) is 12.1 Å². The van der Waals surface area contributed by atoms with Gasteiger partial charge in [-0.2, -0.15) is 26.3 Å². The normalized spacial score (nSPS) is 10.3. The fraction of sp³-hybridized carbons (Fsp3) is 0.125. The highest BCUT2D eigenvalue weighted by Crippen LogP contribution is 2.33. The van der Waals surface area contributed by atoms with E-state index in [2.05, 4.69) is 0 Å². The van der Waals surface area contributed by atoms with Gasteiger partial charge >= 0.3 is 12.3 Å². The number of nitrogen functional groups attached to an aromatic ring is 2. The van der Waals surface area contributed by atoms with Crippen molar-refractivity contribution in [1.29, 1.82) is 0 Å². The van der Waals surface area contributed by atoms with E-state index >= 15 is 0 Å². The van der Waals surface area contributed by atoms with Gasteiger partial charge in [-0.15, -0.1) is 0 Å². The Labute approximate surface area is 181 Å². The average molecular weight is 504 g/mol. The van der Waals surface area contributed by atoms with Crippen LogP contribution in [0.15, 0.2) is 36.2 Å². The number of phenols is 1. The fourth-order valence-electron chi connectivity index (χ4n) is 1.36. The Bertz CT molecular complexity index is 785. The van der Waals surface area contributed by atoms with Gasteiger partial charge in [0.15, 0.2) is 5.75 Å². The van der Waals surface area contributed by atoms with Crippen LogP contribution in [0.3, 0.4) is 0 Å². The van der Waals surface area contributed by atoms with Crippen molar-refractivity contribution in [1.82, 2.24) is 0 Å². The second-order valence-electron chi connectivity index (χ2n) is 5.01. The number of rotatable bonds is 0. The molecule has 0 aliphatic heterocycles. The molecule has 0 bridgehead atoms. The van der Waals surface area contributed by atoms with Crippen molar-refractivity contribution in [2.24, 2.45) is 0 Å². The first-order valence-corrected chi connectivity index (χ1v) is 8.51. The molecule has 0 atom stereocenters. The summed E-state index contributed by atoms with van der Waals surface area (Å²) in [5, 5.41) is 10.6. The molecule has 2 aromatic carbocycles. The van der Waals surface area contributed by atoms with Crippen LogP contribution in [0.5, 0.6) is 5.75 Å². The van der Waals surface area contributed by atoms with E-state index in [9.17, 15) is 26.3 Å². The predicted octanol–water partition coefficient (Wildman–Crippen LogP) is 7.79. The van der Waals surface area contributed by atoms with Crippen LogP contribution in [0.2, 0.25) is 20.1 Å². The zero-order chi connectivity index (χ0) is 23.1. The predicted molar refractivity (Wildman–Crippen MR) is 105 cm³/mol. The monoisotopic (exact) mass is 502 g/mol. The maximum Gasteiger partial charge on any atom is 0.448 e. The topological polar surface area (TPSA) is 72.3 Å². The van der Waals surface area contributed by atoms with E-state index < -0.39 is 18.1 Å². The van der Waals surface area contributed by atoms with Crippen molar-refractivity contribution in [3.05, 3.63) is 61.8 Å². The Balaban J connectivity index is 0.000000407. The molecule has 0 unspecified atom stereocenters. The molecule has 13 heteroatoms. The zero-order valence-corrected chi connectivity index (χ0v) is 17.2. The standard InChI is InChI=1S/C7H7Cl2N.C6H5Cl2NO.C3F6/c1-4-6(8)2-5(10)3-7(4)9;7-4-1-3(9)2-5(8)6(4)10;4-1(2(5)6)3(7,8)9/h2-3H,10H2,1H3;1-2,10H,9H2;. The molecule has 0 aliphatic carbocycles. The van der Waals surface area contributed by atoms with Crippen LogP contribution < -0.4 is 11.5 Å². The van der Waals surface area contributed by atoms with Crippen molar-refractivity contribution < 1.29 is 31.4 Å². The molecular formula is C16H12Cl4F6N2O. The lowest BCUT2D eigenvalue weighted by Crippen LogP contribution is -2.08. The molecule has 162 valence electrons. The number of halogens is 10. The average Bonchev–Trinajstić information content (AvgIpc) is 2.57. The van der Waals surface area contributed by atoms with E-state index in [1.807, 2.05) is 6.92 Å². The molecule has 0 spiro atoms. The minimum absolute atomic E-state index is 0.127. The van der Waals surface area contributed by atoms with Gasteiger partial charge in [-0.1, -0.05) is 46.4 Å². The first-order valence-electron chi connectivity index (χ1n) is 7.00. The van der Waals surface area contributed by atoms with Crippen LogP contribution in [0.1, 0.15) is 5.56 Å². The quantitative estimate of drug-likeness (QED) is 0.195. The number of hydrogen-bond donors (Lipinski definition) is 3.